The number of rotatable bonds is 4. The van der Waals surface area contributed by atoms with Crippen molar-refractivity contribution in [2.45, 2.75) is 37.0 Å². The number of hydrogen-bond acceptors (Lipinski definition) is 5. The highest BCUT2D eigenvalue weighted by molar-refractivity contribution is 7.89. The fraction of sp³-hybridized carbons (Fsp3) is 0.533. The molecule has 23 heavy (non-hydrogen) atoms. The van der Waals surface area contributed by atoms with Gasteiger partial charge in [-0.25, -0.2) is 13.1 Å². The van der Waals surface area contributed by atoms with Crippen molar-refractivity contribution >= 4 is 15.9 Å². The fourth-order valence-electron chi connectivity index (χ4n) is 2.90. The van der Waals surface area contributed by atoms with Crippen LogP contribution in [0.1, 0.15) is 24.0 Å². The number of nitrogens with zero attached hydrogens (tertiary/aromatic N) is 1. The summed E-state index contributed by atoms with van der Waals surface area (Å²) < 4.78 is 32.3. The Balaban J connectivity index is 1.63. The summed E-state index contributed by atoms with van der Waals surface area (Å²) in [5.74, 6) is -0.242. The number of benzene rings is 1. The zero-order valence-corrected chi connectivity index (χ0v) is 13.6. The van der Waals surface area contributed by atoms with E-state index >= 15 is 0 Å². The van der Waals surface area contributed by atoms with Crippen LogP contribution in [0.5, 0.6) is 0 Å². The van der Waals surface area contributed by atoms with Crippen LogP contribution in [0.25, 0.3) is 0 Å². The Morgan fingerprint density at radius 2 is 2.13 bits per heavy atom. The van der Waals surface area contributed by atoms with E-state index in [4.69, 9.17) is 10.5 Å². The van der Waals surface area contributed by atoms with Crippen molar-refractivity contribution in [3.63, 3.8) is 0 Å². The van der Waals surface area contributed by atoms with Gasteiger partial charge >= 0.3 is 0 Å². The first kappa shape index (κ1) is 16.4. The second-order valence-corrected chi connectivity index (χ2v) is 7.76. The molecular weight excluding hydrogens is 318 g/mol. The summed E-state index contributed by atoms with van der Waals surface area (Å²) >= 11 is 0. The maximum Gasteiger partial charge on any atom is 0.241 e. The highest BCUT2D eigenvalue weighted by atomic mass is 32.2. The maximum atomic E-state index is 12.3. The predicted octanol–water partition coefficient (Wildman–Crippen LogP) is -0.0552. The number of likely N-dealkylation sites (tertiary alicyclic amines) is 1. The highest BCUT2D eigenvalue weighted by Gasteiger charge is 2.24. The number of sulfonamides is 1. The minimum atomic E-state index is -3.71. The Morgan fingerprint density at radius 1 is 1.35 bits per heavy atom. The zero-order valence-electron chi connectivity index (χ0n) is 12.8. The summed E-state index contributed by atoms with van der Waals surface area (Å²) in [6.45, 7) is 1.80. The van der Waals surface area contributed by atoms with Crippen LogP contribution in [0.2, 0.25) is 0 Å². The van der Waals surface area contributed by atoms with Crippen molar-refractivity contribution in [2.24, 2.45) is 5.73 Å². The summed E-state index contributed by atoms with van der Waals surface area (Å²) in [6.07, 6.45) is 1.75. The van der Waals surface area contributed by atoms with Crippen molar-refractivity contribution in [3.8, 4) is 0 Å². The van der Waals surface area contributed by atoms with Gasteiger partial charge in [0.05, 0.1) is 24.7 Å². The van der Waals surface area contributed by atoms with Crippen molar-refractivity contribution in [2.75, 3.05) is 19.6 Å². The van der Waals surface area contributed by atoms with E-state index in [1.54, 1.807) is 17.0 Å². The summed E-state index contributed by atoms with van der Waals surface area (Å²) in [5.41, 5.74) is 7.72. The largest absolute Gasteiger partial charge is 0.372 e. The average Bonchev–Trinajstić information content (AvgIpc) is 3.00. The Kier molecular flexibility index (Phi) is 4.67. The van der Waals surface area contributed by atoms with E-state index in [0.717, 1.165) is 24.0 Å². The lowest BCUT2D eigenvalue weighted by atomic mass is 10.1. The van der Waals surface area contributed by atoms with E-state index in [-0.39, 0.29) is 23.4 Å². The first-order valence-electron chi connectivity index (χ1n) is 7.68. The first-order valence-corrected chi connectivity index (χ1v) is 9.16. The quantitative estimate of drug-likeness (QED) is 0.800. The maximum absolute atomic E-state index is 12.3. The molecule has 1 atom stereocenters. The minimum Gasteiger partial charge on any atom is -0.372 e. The van der Waals surface area contributed by atoms with Gasteiger partial charge < -0.3 is 15.4 Å². The lowest BCUT2D eigenvalue weighted by Gasteiger charge is -2.30. The van der Waals surface area contributed by atoms with Crippen molar-refractivity contribution in [3.05, 3.63) is 29.3 Å². The topological polar surface area (TPSA) is 102 Å². The van der Waals surface area contributed by atoms with Crippen LogP contribution in [-0.4, -0.2) is 44.9 Å². The number of ether oxygens (including phenoxy) is 1. The molecule has 0 saturated carbocycles. The molecule has 0 aliphatic carbocycles. The third kappa shape index (κ3) is 3.72. The monoisotopic (exact) mass is 339 g/mol. The molecule has 3 N–H and O–H groups in total. The van der Waals surface area contributed by atoms with Crippen LogP contribution in [0.3, 0.4) is 0 Å². The number of fused-ring (bicyclic) bond motifs is 1. The van der Waals surface area contributed by atoms with Crippen molar-refractivity contribution in [1.29, 1.82) is 0 Å². The van der Waals surface area contributed by atoms with Gasteiger partial charge in [0.1, 0.15) is 0 Å². The number of piperidine rings is 1. The molecule has 1 saturated heterocycles. The Labute approximate surface area is 135 Å². The molecule has 1 amide bonds. The van der Waals surface area contributed by atoms with Gasteiger partial charge in [0.25, 0.3) is 0 Å². The van der Waals surface area contributed by atoms with Crippen LogP contribution >= 0.6 is 0 Å². The molecule has 3 rings (SSSR count). The number of nitrogens with two attached hydrogens (primary N) is 1. The molecule has 126 valence electrons. The molecular formula is C15H21N3O4S. The molecule has 7 nitrogen and oxygen atoms in total. The van der Waals surface area contributed by atoms with Gasteiger partial charge in [-0.05, 0) is 36.1 Å². The Hall–Kier alpha value is -1.48. The van der Waals surface area contributed by atoms with E-state index in [1.165, 1.54) is 6.07 Å². The van der Waals surface area contributed by atoms with Crippen LogP contribution < -0.4 is 10.5 Å². The second-order valence-electron chi connectivity index (χ2n) is 5.99. The van der Waals surface area contributed by atoms with E-state index in [0.29, 0.717) is 26.3 Å². The van der Waals surface area contributed by atoms with Crippen molar-refractivity contribution in [1.82, 2.24) is 9.62 Å². The van der Waals surface area contributed by atoms with Gasteiger partial charge in [-0.15, -0.1) is 0 Å². The number of hydrogen-bond donors (Lipinski definition) is 2. The lowest BCUT2D eigenvalue weighted by molar-refractivity contribution is -0.131. The van der Waals surface area contributed by atoms with Gasteiger partial charge in [0, 0.05) is 19.1 Å². The molecule has 0 aromatic heterocycles. The molecule has 0 spiro atoms. The van der Waals surface area contributed by atoms with Gasteiger partial charge in [0.2, 0.25) is 15.9 Å². The Morgan fingerprint density at radius 3 is 2.91 bits per heavy atom. The average molecular weight is 339 g/mol. The third-order valence-electron chi connectivity index (χ3n) is 4.23. The lowest BCUT2D eigenvalue weighted by Crippen LogP contribution is -2.48. The third-order valence-corrected chi connectivity index (χ3v) is 5.63. The van der Waals surface area contributed by atoms with Gasteiger partial charge in [-0.1, -0.05) is 6.07 Å². The zero-order chi connectivity index (χ0) is 16.4. The van der Waals surface area contributed by atoms with E-state index < -0.39 is 10.0 Å². The molecule has 2 aliphatic rings. The fourth-order valence-corrected chi connectivity index (χ4v) is 3.93. The molecule has 1 aromatic carbocycles. The number of amides is 1. The van der Waals surface area contributed by atoms with Crippen molar-refractivity contribution < 1.29 is 17.9 Å². The molecule has 2 aliphatic heterocycles. The minimum absolute atomic E-state index is 0.0268. The van der Waals surface area contributed by atoms with Gasteiger partial charge in [-0.2, -0.15) is 0 Å². The molecule has 1 aromatic rings. The summed E-state index contributed by atoms with van der Waals surface area (Å²) in [6, 6.07) is 4.87. The molecule has 8 heteroatoms. The second kappa shape index (κ2) is 6.56. The van der Waals surface area contributed by atoms with Crippen LogP contribution in [-0.2, 0) is 32.8 Å². The van der Waals surface area contributed by atoms with E-state index in [2.05, 4.69) is 4.72 Å². The number of carbonyl (C=O) groups excluding carboxylic acids is 1. The molecule has 2 heterocycles. The molecule has 1 fully saturated rings. The molecule has 0 bridgehead atoms. The van der Waals surface area contributed by atoms with E-state index in [1.807, 2.05) is 0 Å². The number of carbonyl (C=O) groups is 1. The first-order chi connectivity index (χ1) is 11.0. The molecule has 1 unspecified atom stereocenters. The molecule has 0 radical (unpaired) electrons. The van der Waals surface area contributed by atoms with Crippen LogP contribution in [0, 0.1) is 0 Å². The smallest absolute Gasteiger partial charge is 0.241 e. The van der Waals surface area contributed by atoms with Gasteiger partial charge in [0.15, 0.2) is 0 Å². The summed E-state index contributed by atoms with van der Waals surface area (Å²) in [7, 11) is -3.71. The highest BCUT2D eigenvalue weighted by Crippen LogP contribution is 2.22. The van der Waals surface area contributed by atoms with Gasteiger partial charge in [-0.3, -0.25) is 4.79 Å². The SMILES string of the molecule is NC1CCCN(C(=O)CNS(=O)(=O)c2ccc3c(c2)COC3)C1. The van der Waals surface area contributed by atoms with Crippen LogP contribution in [0.15, 0.2) is 23.1 Å². The van der Waals surface area contributed by atoms with E-state index in [9.17, 15) is 13.2 Å². The standard InChI is InChI=1S/C15H21N3O4S/c16-13-2-1-5-18(8-13)15(19)7-17-23(20,21)14-4-3-11-9-22-10-12(11)6-14/h3-4,6,13,17H,1-2,5,7-10,16H2. The number of nitrogens with one attached hydrogen (secondary N) is 1. The normalized spacial score (nSPS) is 21.3. The van der Waals surface area contributed by atoms with Crippen LogP contribution in [0.4, 0.5) is 0 Å². The predicted molar refractivity (Wildman–Crippen MR) is 83.9 cm³/mol. The summed E-state index contributed by atoms with van der Waals surface area (Å²) in [4.78, 5) is 13.9. The Bertz CT molecular complexity index is 705. The summed E-state index contributed by atoms with van der Waals surface area (Å²) in [5, 5.41) is 0.